The highest BCUT2D eigenvalue weighted by molar-refractivity contribution is 7.85. The molecular formula is C41H75NO5S. The average molecular weight is 694 g/mol. The van der Waals surface area contributed by atoms with Crippen LogP contribution < -0.4 is 5.32 Å². The minimum atomic E-state index is -4.36. The third kappa shape index (κ3) is 35.6. The molecule has 6 nitrogen and oxygen atoms in total. The molecule has 0 aromatic rings. The number of rotatable bonds is 35. The number of aliphatic hydroxyl groups is 1. The SMILES string of the molecule is CCCCCC/C=C/CC/C=C/CC/C=C/C(O)C(CS(=O)(=O)O)NC(=O)CCCCCCCCCCC/C=C\CCCCCCCC. The van der Waals surface area contributed by atoms with E-state index in [1.165, 1.54) is 122 Å². The molecule has 0 rings (SSSR count). The standard InChI is InChI=1S/C41H75NO5S/c1-3-5-7-9-11-13-15-17-19-20-21-22-23-25-27-29-31-33-35-37-41(44)42-39(38-48(45,46)47)40(43)36-34-32-30-28-26-24-18-16-14-12-10-8-6-4-2/h14,16-17,19,26,28,34,36,39-40,43H,3-13,15,18,20-25,27,29-33,35,37-38H2,1-2H3,(H,42,44)(H,45,46,47)/b16-14+,19-17-,28-26+,36-34+. The van der Waals surface area contributed by atoms with Gasteiger partial charge in [0.05, 0.1) is 17.9 Å². The van der Waals surface area contributed by atoms with E-state index in [1.54, 1.807) is 6.08 Å². The van der Waals surface area contributed by atoms with Gasteiger partial charge in [0, 0.05) is 6.42 Å². The van der Waals surface area contributed by atoms with E-state index in [0.717, 1.165) is 44.9 Å². The summed E-state index contributed by atoms with van der Waals surface area (Å²) in [6, 6.07) is -1.08. The molecule has 0 aromatic carbocycles. The van der Waals surface area contributed by atoms with E-state index in [0.29, 0.717) is 6.42 Å². The molecule has 3 N–H and O–H groups in total. The van der Waals surface area contributed by atoms with Gasteiger partial charge in [0.1, 0.15) is 0 Å². The molecule has 280 valence electrons. The Hall–Kier alpha value is -1.70. The molecule has 0 aliphatic rings. The Morgan fingerprint density at radius 2 is 0.896 bits per heavy atom. The number of carbonyl (C=O) groups is 1. The van der Waals surface area contributed by atoms with Crippen LogP contribution in [0.3, 0.4) is 0 Å². The summed E-state index contributed by atoms with van der Waals surface area (Å²) in [5.41, 5.74) is 0. The van der Waals surface area contributed by atoms with Crippen LogP contribution in [-0.4, -0.2) is 41.9 Å². The predicted octanol–water partition coefficient (Wildman–Crippen LogP) is 11.5. The molecule has 0 saturated heterocycles. The van der Waals surface area contributed by atoms with Crippen molar-refractivity contribution in [3.63, 3.8) is 0 Å². The van der Waals surface area contributed by atoms with E-state index < -0.39 is 28.0 Å². The summed E-state index contributed by atoms with van der Waals surface area (Å²) < 4.78 is 32.4. The van der Waals surface area contributed by atoms with Gasteiger partial charge in [-0.2, -0.15) is 8.42 Å². The Labute approximate surface area is 297 Å². The number of hydrogen-bond acceptors (Lipinski definition) is 4. The first-order valence-corrected chi connectivity index (χ1v) is 21.4. The molecule has 2 unspecified atom stereocenters. The maximum absolute atomic E-state index is 12.5. The largest absolute Gasteiger partial charge is 0.387 e. The molecule has 1 amide bonds. The second-order valence-corrected chi connectivity index (χ2v) is 15.0. The number of carbonyl (C=O) groups excluding carboxylic acids is 1. The maximum Gasteiger partial charge on any atom is 0.267 e. The maximum atomic E-state index is 12.5. The van der Waals surface area contributed by atoms with Gasteiger partial charge >= 0.3 is 0 Å². The van der Waals surface area contributed by atoms with Gasteiger partial charge in [0.15, 0.2) is 0 Å². The summed E-state index contributed by atoms with van der Waals surface area (Å²) in [7, 11) is -4.36. The Morgan fingerprint density at radius 3 is 1.33 bits per heavy atom. The van der Waals surface area contributed by atoms with Crippen molar-refractivity contribution in [1.82, 2.24) is 5.32 Å². The number of aliphatic hydroxyl groups excluding tert-OH is 1. The Kier molecular flexibility index (Phi) is 33.9. The highest BCUT2D eigenvalue weighted by Crippen LogP contribution is 2.13. The van der Waals surface area contributed by atoms with E-state index in [-0.39, 0.29) is 12.3 Å². The van der Waals surface area contributed by atoms with Crippen molar-refractivity contribution >= 4 is 16.0 Å². The number of nitrogens with one attached hydrogen (secondary N) is 1. The van der Waals surface area contributed by atoms with E-state index in [9.17, 15) is 22.9 Å². The van der Waals surface area contributed by atoms with Gasteiger partial charge in [0.2, 0.25) is 5.91 Å². The zero-order valence-electron chi connectivity index (χ0n) is 31.1. The van der Waals surface area contributed by atoms with Crippen LogP contribution in [0.2, 0.25) is 0 Å². The number of hydrogen-bond donors (Lipinski definition) is 3. The van der Waals surface area contributed by atoms with Crippen LogP contribution in [-0.2, 0) is 14.9 Å². The molecule has 2 atom stereocenters. The smallest absolute Gasteiger partial charge is 0.267 e. The fraction of sp³-hybridized carbons (Fsp3) is 0.780. The van der Waals surface area contributed by atoms with Crippen LogP contribution >= 0.6 is 0 Å². The highest BCUT2D eigenvalue weighted by atomic mass is 32.2. The van der Waals surface area contributed by atoms with E-state index in [4.69, 9.17) is 0 Å². The zero-order valence-corrected chi connectivity index (χ0v) is 31.9. The molecule has 0 bridgehead atoms. The van der Waals surface area contributed by atoms with Crippen molar-refractivity contribution in [3.05, 3.63) is 48.6 Å². The first kappa shape index (κ1) is 46.3. The Morgan fingerprint density at radius 1 is 0.542 bits per heavy atom. The summed E-state index contributed by atoms with van der Waals surface area (Å²) in [5, 5.41) is 13.2. The molecule has 0 fully saturated rings. The van der Waals surface area contributed by atoms with Gasteiger partial charge < -0.3 is 10.4 Å². The third-order valence-electron chi connectivity index (χ3n) is 8.71. The summed E-state index contributed by atoms with van der Waals surface area (Å²) in [4.78, 5) is 12.5. The third-order valence-corrected chi connectivity index (χ3v) is 9.49. The van der Waals surface area contributed by atoms with E-state index >= 15 is 0 Å². The first-order chi connectivity index (χ1) is 23.3. The van der Waals surface area contributed by atoms with E-state index in [1.807, 2.05) is 0 Å². The van der Waals surface area contributed by atoms with Crippen LogP contribution in [0, 0.1) is 0 Å². The second-order valence-electron chi connectivity index (χ2n) is 13.5. The van der Waals surface area contributed by atoms with Crippen molar-refractivity contribution in [3.8, 4) is 0 Å². The lowest BCUT2D eigenvalue weighted by Gasteiger charge is -2.21. The Balaban J connectivity index is 3.98. The monoisotopic (exact) mass is 694 g/mol. The zero-order chi connectivity index (χ0) is 35.4. The summed E-state index contributed by atoms with van der Waals surface area (Å²) in [5.74, 6) is -1.01. The fourth-order valence-electron chi connectivity index (χ4n) is 5.71. The van der Waals surface area contributed by atoms with Gasteiger partial charge in [-0.05, 0) is 70.6 Å². The minimum absolute atomic E-state index is 0.281. The highest BCUT2D eigenvalue weighted by Gasteiger charge is 2.24. The Bertz CT molecular complexity index is 940. The fourth-order valence-corrected chi connectivity index (χ4v) is 6.44. The van der Waals surface area contributed by atoms with Gasteiger partial charge in [-0.1, -0.05) is 159 Å². The van der Waals surface area contributed by atoms with Crippen LogP contribution in [0.15, 0.2) is 48.6 Å². The minimum Gasteiger partial charge on any atom is -0.387 e. The molecule has 0 aromatic heterocycles. The van der Waals surface area contributed by atoms with Gasteiger partial charge in [0.25, 0.3) is 10.1 Å². The topological polar surface area (TPSA) is 104 Å². The lowest BCUT2D eigenvalue weighted by Crippen LogP contribution is -2.46. The quantitative estimate of drug-likeness (QED) is 0.0348. The second kappa shape index (κ2) is 35.1. The molecule has 0 saturated carbocycles. The molecule has 0 heterocycles. The van der Waals surface area contributed by atoms with Crippen molar-refractivity contribution < 1.29 is 22.9 Å². The number of unbranched alkanes of at least 4 members (excludes halogenated alkanes) is 21. The molecule has 48 heavy (non-hydrogen) atoms. The molecular weight excluding hydrogens is 619 g/mol. The average Bonchev–Trinajstić information content (AvgIpc) is 3.05. The van der Waals surface area contributed by atoms with Gasteiger partial charge in [-0.25, -0.2) is 0 Å². The summed E-state index contributed by atoms with van der Waals surface area (Å²) in [6.07, 6.45) is 46.7. The van der Waals surface area contributed by atoms with Crippen LogP contribution in [0.4, 0.5) is 0 Å². The molecule has 0 radical (unpaired) electrons. The van der Waals surface area contributed by atoms with Gasteiger partial charge in [-0.3, -0.25) is 9.35 Å². The first-order valence-electron chi connectivity index (χ1n) is 19.8. The van der Waals surface area contributed by atoms with Crippen LogP contribution in [0.1, 0.15) is 187 Å². The van der Waals surface area contributed by atoms with Gasteiger partial charge in [-0.15, -0.1) is 0 Å². The lowest BCUT2D eigenvalue weighted by atomic mass is 10.0. The molecule has 0 aliphatic heterocycles. The molecule has 7 heteroatoms. The van der Waals surface area contributed by atoms with Crippen molar-refractivity contribution in [2.45, 2.75) is 199 Å². The normalized spacial score (nSPS) is 13.8. The number of allylic oxidation sites excluding steroid dienone is 7. The summed E-state index contributed by atoms with van der Waals surface area (Å²) in [6.45, 7) is 4.49. The number of amides is 1. The van der Waals surface area contributed by atoms with Crippen LogP contribution in [0.5, 0.6) is 0 Å². The lowest BCUT2D eigenvalue weighted by molar-refractivity contribution is -0.122. The van der Waals surface area contributed by atoms with Crippen molar-refractivity contribution in [2.75, 3.05) is 5.75 Å². The van der Waals surface area contributed by atoms with Crippen molar-refractivity contribution in [1.29, 1.82) is 0 Å². The molecule has 0 spiro atoms. The summed E-state index contributed by atoms with van der Waals surface area (Å²) >= 11 is 0. The van der Waals surface area contributed by atoms with Crippen molar-refractivity contribution in [2.24, 2.45) is 0 Å². The predicted molar refractivity (Wildman–Crippen MR) is 207 cm³/mol. The molecule has 0 aliphatic carbocycles. The van der Waals surface area contributed by atoms with E-state index in [2.05, 4.69) is 55.6 Å². The van der Waals surface area contributed by atoms with Crippen LogP contribution in [0.25, 0.3) is 0 Å².